The van der Waals surface area contributed by atoms with Gasteiger partial charge in [0.15, 0.2) is 0 Å². The van der Waals surface area contributed by atoms with Crippen molar-refractivity contribution in [3.8, 4) is 10.6 Å². The number of carbonyl (C=O) groups excluding carboxylic acids is 2. The topological polar surface area (TPSA) is 71.1 Å². The van der Waals surface area contributed by atoms with Crippen molar-refractivity contribution in [2.45, 2.75) is 33.2 Å². The number of nitrogens with one attached hydrogen (secondary N) is 2. The first-order valence-electron chi connectivity index (χ1n) is 9.20. The zero-order valence-corrected chi connectivity index (χ0v) is 16.8. The predicted octanol–water partition coefficient (Wildman–Crippen LogP) is 4.19. The maximum absolute atomic E-state index is 12.3. The molecule has 144 valence electrons. The summed E-state index contributed by atoms with van der Waals surface area (Å²) in [6, 6.07) is 15.8. The molecular formula is C22H23N3O2S. The van der Waals surface area contributed by atoms with E-state index in [2.05, 4.69) is 46.8 Å². The Kier molecular flexibility index (Phi) is 6.55. The lowest BCUT2D eigenvalue weighted by Gasteiger charge is -2.07. The number of thiazole rings is 1. The maximum Gasteiger partial charge on any atom is 0.226 e. The molecule has 0 spiro atoms. The minimum atomic E-state index is -0.121. The third-order valence-corrected chi connectivity index (χ3v) is 5.18. The molecule has 0 atom stereocenters. The van der Waals surface area contributed by atoms with Crippen LogP contribution in [-0.2, 0) is 29.0 Å². The van der Waals surface area contributed by atoms with Gasteiger partial charge < -0.3 is 10.6 Å². The van der Waals surface area contributed by atoms with E-state index in [9.17, 15) is 9.59 Å². The Bertz CT molecular complexity index is 964. The van der Waals surface area contributed by atoms with Crippen molar-refractivity contribution >= 4 is 28.8 Å². The molecule has 0 unspecified atom stereocenters. The first kappa shape index (κ1) is 19.8. The number of carbonyl (C=O) groups is 2. The SMILES string of the molecule is CCc1ccc(-c2nc(CC(=O)NCc3cccc(NC(C)=O)c3)cs2)cc1. The molecule has 2 amide bonds. The summed E-state index contributed by atoms with van der Waals surface area (Å²) in [5.41, 5.74) is 4.78. The van der Waals surface area contributed by atoms with Crippen molar-refractivity contribution in [2.75, 3.05) is 5.32 Å². The third kappa shape index (κ3) is 5.50. The number of aromatic nitrogens is 1. The summed E-state index contributed by atoms with van der Waals surface area (Å²) in [7, 11) is 0. The molecular weight excluding hydrogens is 370 g/mol. The molecule has 2 N–H and O–H groups in total. The van der Waals surface area contributed by atoms with Gasteiger partial charge in [-0.15, -0.1) is 11.3 Å². The van der Waals surface area contributed by atoms with Crippen LogP contribution in [0.5, 0.6) is 0 Å². The Labute approximate surface area is 168 Å². The van der Waals surface area contributed by atoms with Crippen LogP contribution in [0.15, 0.2) is 53.9 Å². The van der Waals surface area contributed by atoms with Crippen LogP contribution in [0.4, 0.5) is 5.69 Å². The highest BCUT2D eigenvalue weighted by atomic mass is 32.1. The fourth-order valence-corrected chi connectivity index (χ4v) is 3.62. The van der Waals surface area contributed by atoms with Gasteiger partial charge in [-0.2, -0.15) is 0 Å². The van der Waals surface area contributed by atoms with Crippen molar-refractivity contribution in [1.29, 1.82) is 0 Å². The number of aryl methyl sites for hydroxylation is 1. The number of rotatable bonds is 7. The molecule has 0 aliphatic rings. The second kappa shape index (κ2) is 9.28. The molecule has 1 heterocycles. The number of benzene rings is 2. The Morgan fingerprint density at radius 1 is 1.07 bits per heavy atom. The molecule has 0 saturated heterocycles. The monoisotopic (exact) mass is 393 g/mol. The molecule has 0 saturated carbocycles. The van der Waals surface area contributed by atoms with Crippen LogP contribution in [0.3, 0.4) is 0 Å². The first-order chi connectivity index (χ1) is 13.5. The van der Waals surface area contributed by atoms with Gasteiger partial charge >= 0.3 is 0 Å². The lowest BCUT2D eigenvalue weighted by atomic mass is 10.1. The quantitative estimate of drug-likeness (QED) is 0.632. The summed E-state index contributed by atoms with van der Waals surface area (Å²) in [4.78, 5) is 28.0. The van der Waals surface area contributed by atoms with Crippen molar-refractivity contribution in [2.24, 2.45) is 0 Å². The van der Waals surface area contributed by atoms with Gasteiger partial charge in [0.25, 0.3) is 0 Å². The summed E-state index contributed by atoms with van der Waals surface area (Å²) >= 11 is 1.55. The molecule has 3 rings (SSSR count). The van der Waals surface area contributed by atoms with Gasteiger partial charge in [0.05, 0.1) is 12.1 Å². The van der Waals surface area contributed by atoms with E-state index in [-0.39, 0.29) is 18.2 Å². The Morgan fingerprint density at radius 2 is 1.86 bits per heavy atom. The van der Waals surface area contributed by atoms with E-state index in [1.807, 2.05) is 29.6 Å². The van der Waals surface area contributed by atoms with Crippen molar-refractivity contribution < 1.29 is 9.59 Å². The summed E-state index contributed by atoms with van der Waals surface area (Å²) in [6.45, 7) is 4.00. The number of hydrogen-bond acceptors (Lipinski definition) is 4. The molecule has 0 aliphatic carbocycles. The van der Waals surface area contributed by atoms with Gasteiger partial charge in [-0.1, -0.05) is 43.3 Å². The molecule has 0 radical (unpaired) electrons. The fraction of sp³-hybridized carbons (Fsp3) is 0.227. The fourth-order valence-electron chi connectivity index (χ4n) is 2.79. The van der Waals surface area contributed by atoms with Crippen molar-refractivity contribution in [3.63, 3.8) is 0 Å². The molecule has 2 aromatic carbocycles. The van der Waals surface area contributed by atoms with Gasteiger partial charge in [-0.3, -0.25) is 9.59 Å². The number of hydrogen-bond donors (Lipinski definition) is 2. The highest BCUT2D eigenvalue weighted by molar-refractivity contribution is 7.13. The predicted molar refractivity (Wildman–Crippen MR) is 113 cm³/mol. The zero-order chi connectivity index (χ0) is 19.9. The van der Waals surface area contributed by atoms with E-state index in [1.165, 1.54) is 12.5 Å². The Hall–Kier alpha value is -2.99. The smallest absolute Gasteiger partial charge is 0.226 e. The van der Waals surface area contributed by atoms with Gasteiger partial charge in [0, 0.05) is 30.1 Å². The van der Waals surface area contributed by atoms with E-state index < -0.39 is 0 Å². The maximum atomic E-state index is 12.3. The van der Waals surface area contributed by atoms with E-state index >= 15 is 0 Å². The molecule has 0 fully saturated rings. The minimum absolute atomic E-state index is 0.0805. The molecule has 3 aromatic rings. The molecule has 0 bridgehead atoms. The minimum Gasteiger partial charge on any atom is -0.352 e. The summed E-state index contributed by atoms with van der Waals surface area (Å²) in [5, 5.41) is 8.50. The van der Waals surface area contributed by atoms with E-state index in [4.69, 9.17) is 0 Å². The molecule has 28 heavy (non-hydrogen) atoms. The van der Waals surface area contributed by atoms with Gasteiger partial charge in [0.1, 0.15) is 5.01 Å². The Balaban J connectivity index is 1.55. The number of amides is 2. The van der Waals surface area contributed by atoms with Gasteiger partial charge in [-0.05, 0) is 29.7 Å². The average Bonchev–Trinajstić information content (AvgIpc) is 3.14. The molecule has 5 nitrogen and oxygen atoms in total. The second-order valence-electron chi connectivity index (χ2n) is 6.53. The van der Waals surface area contributed by atoms with Crippen LogP contribution >= 0.6 is 11.3 Å². The zero-order valence-electron chi connectivity index (χ0n) is 16.0. The Morgan fingerprint density at radius 3 is 2.57 bits per heavy atom. The number of anilines is 1. The van der Waals surface area contributed by atoms with E-state index in [1.54, 1.807) is 11.3 Å². The summed E-state index contributed by atoms with van der Waals surface area (Å²) in [6.07, 6.45) is 1.26. The summed E-state index contributed by atoms with van der Waals surface area (Å²) < 4.78 is 0. The van der Waals surface area contributed by atoms with Crippen LogP contribution in [0.1, 0.15) is 30.7 Å². The highest BCUT2D eigenvalue weighted by Gasteiger charge is 2.09. The summed E-state index contributed by atoms with van der Waals surface area (Å²) in [5.74, 6) is -0.201. The van der Waals surface area contributed by atoms with E-state index in [0.29, 0.717) is 6.54 Å². The van der Waals surface area contributed by atoms with Crippen LogP contribution < -0.4 is 10.6 Å². The lowest BCUT2D eigenvalue weighted by Crippen LogP contribution is -2.24. The average molecular weight is 394 g/mol. The van der Waals surface area contributed by atoms with Crippen LogP contribution in [-0.4, -0.2) is 16.8 Å². The van der Waals surface area contributed by atoms with Crippen LogP contribution in [0.2, 0.25) is 0 Å². The third-order valence-electron chi connectivity index (χ3n) is 4.24. The lowest BCUT2D eigenvalue weighted by molar-refractivity contribution is -0.120. The highest BCUT2D eigenvalue weighted by Crippen LogP contribution is 2.24. The van der Waals surface area contributed by atoms with E-state index in [0.717, 1.165) is 33.9 Å². The molecule has 6 heteroatoms. The van der Waals surface area contributed by atoms with Gasteiger partial charge in [0.2, 0.25) is 11.8 Å². The van der Waals surface area contributed by atoms with Crippen molar-refractivity contribution in [3.05, 3.63) is 70.7 Å². The van der Waals surface area contributed by atoms with Crippen LogP contribution in [0, 0.1) is 0 Å². The largest absolute Gasteiger partial charge is 0.352 e. The van der Waals surface area contributed by atoms with Crippen LogP contribution in [0.25, 0.3) is 10.6 Å². The molecule has 0 aliphatic heterocycles. The second-order valence-corrected chi connectivity index (χ2v) is 7.39. The van der Waals surface area contributed by atoms with Crippen molar-refractivity contribution in [1.82, 2.24) is 10.3 Å². The van der Waals surface area contributed by atoms with Gasteiger partial charge in [-0.25, -0.2) is 4.98 Å². The standard InChI is InChI=1S/C22H23N3O2S/c1-3-16-7-9-18(10-8-16)22-25-20(14-28-22)12-21(27)23-13-17-5-4-6-19(11-17)24-15(2)26/h4-11,14H,3,12-13H2,1-2H3,(H,23,27)(H,24,26). The normalized spacial score (nSPS) is 10.5. The first-order valence-corrected chi connectivity index (χ1v) is 10.1. The number of nitrogens with zero attached hydrogens (tertiary/aromatic N) is 1. The molecule has 1 aromatic heterocycles.